The van der Waals surface area contributed by atoms with Crippen LogP contribution in [0.25, 0.3) is 0 Å². The van der Waals surface area contributed by atoms with Crippen LogP contribution in [-0.4, -0.2) is 61.6 Å². The molecule has 0 amide bonds. The van der Waals surface area contributed by atoms with Crippen molar-refractivity contribution in [2.75, 3.05) is 6.61 Å². The molecule has 1 saturated heterocycles. The van der Waals surface area contributed by atoms with E-state index in [1.54, 1.807) is 6.92 Å². The van der Waals surface area contributed by atoms with Gasteiger partial charge in [0.25, 0.3) is 0 Å². The number of carboxylic acid groups (broad SMARTS) is 1. The topological polar surface area (TPSA) is 104 Å². The Labute approximate surface area is 99.8 Å². The van der Waals surface area contributed by atoms with E-state index in [2.05, 4.69) is 0 Å². The van der Waals surface area contributed by atoms with Gasteiger partial charge in [0.2, 0.25) is 6.17 Å². The summed E-state index contributed by atoms with van der Waals surface area (Å²) in [5, 5.41) is 37.1. The molecule has 7 nitrogen and oxygen atoms in total. The Hall–Kier alpha value is -0.730. The molecule has 0 aromatic rings. The second-order valence-electron chi connectivity index (χ2n) is 4.21. The molecule has 17 heavy (non-hydrogen) atoms. The number of fused-ring (bicyclic) bond motifs is 1. The van der Waals surface area contributed by atoms with Gasteiger partial charge in [-0.25, -0.2) is 4.79 Å². The summed E-state index contributed by atoms with van der Waals surface area (Å²) in [7, 11) is 0. The van der Waals surface area contributed by atoms with Crippen molar-refractivity contribution in [1.29, 1.82) is 0 Å². The van der Waals surface area contributed by atoms with Crippen LogP contribution < -0.4 is 0 Å². The van der Waals surface area contributed by atoms with Crippen molar-refractivity contribution in [1.82, 2.24) is 10.1 Å². The van der Waals surface area contributed by atoms with Crippen LogP contribution in [0.3, 0.4) is 0 Å². The smallest absolute Gasteiger partial charge is 0.340 e. The SMILES string of the molecule is CCO.O=C(O)C1N(O)C2CCCCC2N1O. The lowest BCUT2D eigenvalue weighted by molar-refractivity contribution is -0.218. The summed E-state index contributed by atoms with van der Waals surface area (Å²) in [5.74, 6) is -1.22. The highest BCUT2D eigenvalue weighted by molar-refractivity contribution is 5.73. The Morgan fingerprint density at radius 1 is 1.18 bits per heavy atom. The fourth-order valence-corrected chi connectivity index (χ4v) is 2.42. The Kier molecular flexibility index (Phi) is 5.29. The molecule has 2 aliphatic rings. The van der Waals surface area contributed by atoms with Gasteiger partial charge in [0.15, 0.2) is 0 Å². The number of hydrogen-bond donors (Lipinski definition) is 4. The van der Waals surface area contributed by atoms with E-state index in [4.69, 9.17) is 10.2 Å². The van der Waals surface area contributed by atoms with Crippen LogP contribution >= 0.6 is 0 Å². The maximum Gasteiger partial charge on any atom is 0.340 e. The number of nitrogens with zero attached hydrogens (tertiary/aromatic N) is 2. The molecule has 0 radical (unpaired) electrons. The predicted octanol–water partition coefficient (Wildman–Crippen LogP) is 0.103. The predicted molar refractivity (Wildman–Crippen MR) is 57.5 cm³/mol. The Balaban J connectivity index is 0.000000437. The van der Waals surface area contributed by atoms with Crippen LogP contribution in [0.5, 0.6) is 0 Å². The molecule has 100 valence electrons. The monoisotopic (exact) mass is 248 g/mol. The quantitative estimate of drug-likeness (QED) is 0.521. The van der Waals surface area contributed by atoms with E-state index < -0.39 is 12.1 Å². The normalized spacial score (nSPS) is 33.8. The zero-order chi connectivity index (χ0) is 13.0. The molecule has 4 N–H and O–H groups in total. The third-order valence-corrected chi connectivity index (χ3v) is 3.10. The van der Waals surface area contributed by atoms with Gasteiger partial charge in [-0.15, -0.1) is 0 Å². The van der Waals surface area contributed by atoms with Crippen LogP contribution in [0.15, 0.2) is 0 Å². The van der Waals surface area contributed by atoms with Crippen LogP contribution in [0, 0.1) is 0 Å². The maximum absolute atomic E-state index is 10.8. The van der Waals surface area contributed by atoms with Gasteiger partial charge in [-0.2, -0.15) is 10.1 Å². The third-order valence-electron chi connectivity index (χ3n) is 3.10. The van der Waals surface area contributed by atoms with Gasteiger partial charge >= 0.3 is 5.97 Å². The van der Waals surface area contributed by atoms with Gasteiger partial charge in [-0.1, -0.05) is 12.8 Å². The van der Waals surface area contributed by atoms with Crippen LogP contribution in [0.1, 0.15) is 32.6 Å². The molecule has 2 unspecified atom stereocenters. The van der Waals surface area contributed by atoms with Crippen molar-refractivity contribution < 1.29 is 25.4 Å². The zero-order valence-electron chi connectivity index (χ0n) is 9.86. The number of carbonyl (C=O) groups is 1. The van der Waals surface area contributed by atoms with Gasteiger partial charge in [-0.05, 0) is 19.8 Å². The van der Waals surface area contributed by atoms with Gasteiger partial charge in [0, 0.05) is 6.61 Å². The van der Waals surface area contributed by atoms with E-state index in [-0.39, 0.29) is 18.7 Å². The number of aliphatic hydroxyl groups is 1. The summed E-state index contributed by atoms with van der Waals surface area (Å²) >= 11 is 0. The minimum Gasteiger partial charge on any atom is -0.479 e. The molecule has 1 heterocycles. The molecule has 0 bridgehead atoms. The molecule has 2 fully saturated rings. The average Bonchev–Trinajstić information content (AvgIpc) is 2.53. The van der Waals surface area contributed by atoms with Crippen molar-refractivity contribution in [3.8, 4) is 0 Å². The second-order valence-corrected chi connectivity index (χ2v) is 4.21. The molecular formula is C10H20N2O5. The highest BCUT2D eigenvalue weighted by Crippen LogP contribution is 2.33. The molecule has 2 rings (SSSR count). The van der Waals surface area contributed by atoms with E-state index in [1.165, 1.54) is 0 Å². The summed E-state index contributed by atoms with van der Waals surface area (Å²) in [6.07, 6.45) is 2.11. The minimum atomic E-state index is -1.30. The van der Waals surface area contributed by atoms with Gasteiger partial charge in [-0.3, -0.25) is 0 Å². The summed E-state index contributed by atoms with van der Waals surface area (Å²) in [6, 6.07) is -0.482. The van der Waals surface area contributed by atoms with Gasteiger partial charge in [0.1, 0.15) is 0 Å². The van der Waals surface area contributed by atoms with E-state index in [9.17, 15) is 15.2 Å². The fourth-order valence-electron chi connectivity index (χ4n) is 2.42. The zero-order valence-corrected chi connectivity index (χ0v) is 9.86. The molecule has 1 aliphatic carbocycles. The Morgan fingerprint density at radius 2 is 1.53 bits per heavy atom. The molecule has 1 saturated carbocycles. The minimum absolute atomic E-state index is 0.241. The number of hydroxylamine groups is 4. The van der Waals surface area contributed by atoms with E-state index in [1.807, 2.05) is 0 Å². The van der Waals surface area contributed by atoms with Gasteiger partial charge < -0.3 is 20.6 Å². The van der Waals surface area contributed by atoms with E-state index >= 15 is 0 Å². The van der Waals surface area contributed by atoms with E-state index in [0.717, 1.165) is 35.8 Å². The van der Waals surface area contributed by atoms with Crippen LogP contribution in [-0.2, 0) is 4.79 Å². The second kappa shape index (κ2) is 6.27. The molecular weight excluding hydrogens is 228 g/mol. The van der Waals surface area contributed by atoms with Crippen molar-refractivity contribution in [2.24, 2.45) is 0 Å². The largest absolute Gasteiger partial charge is 0.479 e. The molecule has 7 heteroatoms. The lowest BCUT2D eigenvalue weighted by atomic mass is 9.91. The summed E-state index contributed by atoms with van der Waals surface area (Å²) in [5.41, 5.74) is 0. The van der Waals surface area contributed by atoms with Crippen molar-refractivity contribution >= 4 is 5.97 Å². The van der Waals surface area contributed by atoms with Crippen LogP contribution in [0.2, 0.25) is 0 Å². The lowest BCUT2D eigenvalue weighted by Crippen LogP contribution is -2.43. The number of hydrogen-bond acceptors (Lipinski definition) is 6. The lowest BCUT2D eigenvalue weighted by Gasteiger charge is -2.27. The maximum atomic E-state index is 10.8. The van der Waals surface area contributed by atoms with Crippen LogP contribution in [0.4, 0.5) is 0 Å². The molecule has 0 spiro atoms. The number of aliphatic carboxylic acids is 1. The summed E-state index contributed by atoms with van der Waals surface area (Å²) in [4.78, 5) is 10.8. The van der Waals surface area contributed by atoms with Crippen molar-refractivity contribution in [3.63, 3.8) is 0 Å². The first-order valence-corrected chi connectivity index (χ1v) is 5.82. The number of carboxylic acids is 1. The number of aliphatic hydroxyl groups excluding tert-OH is 1. The first-order chi connectivity index (χ1) is 8.04. The summed E-state index contributed by atoms with van der Waals surface area (Å²) in [6.45, 7) is 1.93. The fraction of sp³-hybridized carbons (Fsp3) is 0.900. The Bertz CT molecular complexity index is 245. The third kappa shape index (κ3) is 2.93. The van der Waals surface area contributed by atoms with E-state index in [0.29, 0.717) is 0 Å². The van der Waals surface area contributed by atoms with Crippen molar-refractivity contribution in [3.05, 3.63) is 0 Å². The first-order valence-electron chi connectivity index (χ1n) is 5.82. The molecule has 0 aromatic carbocycles. The van der Waals surface area contributed by atoms with Crippen molar-refractivity contribution in [2.45, 2.75) is 50.9 Å². The summed E-state index contributed by atoms with van der Waals surface area (Å²) < 4.78 is 0. The standard InChI is InChI=1S/C8H14N2O4.C2H6O/c11-8(12)7-9(13)5-3-1-2-4-6(5)10(7)14;1-2-3/h5-7,13-14H,1-4H2,(H,11,12);3H,2H2,1H3. The highest BCUT2D eigenvalue weighted by Gasteiger charge is 2.50. The molecule has 1 aliphatic heterocycles. The molecule has 2 atom stereocenters. The van der Waals surface area contributed by atoms with Gasteiger partial charge in [0.05, 0.1) is 12.1 Å². The average molecular weight is 248 g/mol. The Morgan fingerprint density at radius 3 is 1.82 bits per heavy atom. The first kappa shape index (κ1) is 14.3. The number of rotatable bonds is 1. The highest BCUT2D eigenvalue weighted by atomic mass is 16.6. The molecule has 0 aromatic heterocycles.